The van der Waals surface area contributed by atoms with Gasteiger partial charge < -0.3 is 20.0 Å². The zero-order valence-corrected chi connectivity index (χ0v) is 19.2. The highest BCUT2D eigenvalue weighted by Gasteiger charge is 2.20. The van der Waals surface area contributed by atoms with Gasteiger partial charge in [-0.15, -0.1) is 11.3 Å². The van der Waals surface area contributed by atoms with Crippen LogP contribution in [-0.2, 0) is 20.8 Å². The van der Waals surface area contributed by atoms with Crippen molar-refractivity contribution >= 4 is 34.2 Å². The first-order chi connectivity index (χ1) is 14.7. The standard InChI is InChI=1S/C19H26N2OS.C4H6O4/c1-4-18(22)21(19-11-8-14-23-19)15-16(2)20(3)13-12-17-9-6-5-7-10-17;5-3(6)1-2-4(7)8/h5-11,14,16H,4,12-13,15H2,1-3H3;1-2H2,(H,5,6)(H,7,8). The van der Waals surface area contributed by atoms with E-state index in [4.69, 9.17) is 10.2 Å². The summed E-state index contributed by atoms with van der Waals surface area (Å²) in [6, 6.07) is 14.9. The number of carbonyl (C=O) groups is 3. The fourth-order valence-electron chi connectivity index (χ4n) is 2.72. The van der Waals surface area contributed by atoms with Gasteiger partial charge in [0.1, 0.15) is 0 Å². The van der Waals surface area contributed by atoms with Crippen LogP contribution in [0, 0.1) is 0 Å². The monoisotopic (exact) mass is 448 g/mol. The van der Waals surface area contributed by atoms with Crippen LogP contribution in [0.5, 0.6) is 0 Å². The molecule has 0 saturated carbocycles. The Morgan fingerprint density at radius 2 is 1.61 bits per heavy atom. The molecular weight excluding hydrogens is 416 g/mol. The summed E-state index contributed by atoms with van der Waals surface area (Å²) in [6.45, 7) is 5.84. The van der Waals surface area contributed by atoms with Crippen molar-refractivity contribution in [3.8, 4) is 0 Å². The molecular formula is C23H32N2O5S. The van der Waals surface area contributed by atoms with Crippen molar-refractivity contribution in [1.82, 2.24) is 4.90 Å². The second-order valence-corrected chi connectivity index (χ2v) is 8.09. The topological polar surface area (TPSA) is 98.2 Å². The minimum atomic E-state index is -1.08. The van der Waals surface area contributed by atoms with Crippen LogP contribution in [-0.4, -0.2) is 59.1 Å². The fraction of sp³-hybridized carbons (Fsp3) is 0.435. The van der Waals surface area contributed by atoms with Crippen LogP contribution in [0.4, 0.5) is 5.00 Å². The maximum Gasteiger partial charge on any atom is 0.303 e. The molecule has 0 aliphatic heterocycles. The van der Waals surface area contributed by atoms with Crippen molar-refractivity contribution < 1.29 is 24.6 Å². The number of likely N-dealkylation sites (N-methyl/N-ethyl adjacent to an activating group) is 1. The average Bonchev–Trinajstić information content (AvgIpc) is 3.29. The minimum Gasteiger partial charge on any atom is -0.481 e. The van der Waals surface area contributed by atoms with Crippen molar-refractivity contribution in [2.75, 3.05) is 25.0 Å². The van der Waals surface area contributed by atoms with E-state index < -0.39 is 11.9 Å². The SMILES string of the molecule is CCC(=O)N(CC(C)N(C)CCc1ccccc1)c1cccs1.O=C(O)CCC(=O)O. The molecule has 1 amide bonds. The summed E-state index contributed by atoms with van der Waals surface area (Å²) in [6.07, 6.45) is 0.978. The van der Waals surface area contributed by atoms with Gasteiger partial charge in [0.2, 0.25) is 5.91 Å². The summed E-state index contributed by atoms with van der Waals surface area (Å²) in [5.74, 6) is -1.96. The number of carboxylic acid groups (broad SMARTS) is 2. The van der Waals surface area contributed by atoms with E-state index in [1.807, 2.05) is 35.4 Å². The Morgan fingerprint density at radius 1 is 1.00 bits per heavy atom. The molecule has 0 fully saturated rings. The molecule has 7 nitrogen and oxygen atoms in total. The molecule has 1 heterocycles. The van der Waals surface area contributed by atoms with Crippen LogP contribution in [0.3, 0.4) is 0 Å². The molecule has 0 radical (unpaired) electrons. The van der Waals surface area contributed by atoms with Crippen LogP contribution in [0.2, 0.25) is 0 Å². The van der Waals surface area contributed by atoms with Gasteiger partial charge in [-0.2, -0.15) is 0 Å². The molecule has 1 aromatic carbocycles. The summed E-state index contributed by atoms with van der Waals surface area (Å²) in [5.41, 5.74) is 1.35. The number of anilines is 1. The van der Waals surface area contributed by atoms with Gasteiger partial charge in [0.05, 0.1) is 17.8 Å². The highest BCUT2D eigenvalue weighted by atomic mass is 32.1. The smallest absolute Gasteiger partial charge is 0.303 e. The average molecular weight is 449 g/mol. The number of nitrogens with zero attached hydrogens (tertiary/aromatic N) is 2. The van der Waals surface area contributed by atoms with Gasteiger partial charge in [0.15, 0.2) is 0 Å². The Bertz CT molecular complexity index is 782. The Hall–Kier alpha value is -2.71. The van der Waals surface area contributed by atoms with Gasteiger partial charge in [-0.3, -0.25) is 14.4 Å². The Kier molecular flexibility index (Phi) is 12.2. The second-order valence-electron chi connectivity index (χ2n) is 7.16. The number of benzene rings is 1. The number of aliphatic carboxylic acids is 2. The van der Waals surface area contributed by atoms with Crippen LogP contribution >= 0.6 is 11.3 Å². The zero-order valence-electron chi connectivity index (χ0n) is 18.4. The molecule has 170 valence electrons. The highest BCUT2D eigenvalue weighted by Crippen LogP contribution is 2.23. The molecule has 2 aromatic rings. The molecule has 1 aromatic heterocycles. The van der Waals surface area contributed by atoms with E-state index in [9.17, 15) is 14.4 Å². The number of carbonyl (C=O) groups excluding carboxylic acids is 1. The van der Waals surface area contributed by atoms with E-state index in [0.29, 0.717) is 12.5 Å². The van der Waals surface area contributed by atoms with Crippen molar-refractivity contribution in [2.24, 2.45) is 0 Å². The van der Waals surface area contributed by atoms with E-state index in [1.54, 1.807) is 11.3 Å². The van der Waals surface area contributed by atoms with Crippen LogP contribution in [0.1, 0.15) is 38.7 Å². The Labute approximate surface area is 187 Å². The quantitative estimate of drug-likeness (QED) is 0.539. The number of amides is 1. The van der Waals surface area contributed by atoms with Crippen LogP contribution in [0.25, 0.3) is 0 Å². The first kappa shape index (κ1) is 26.3. The molecule has 1 atom stereocenters. The number of hydrogen-bond donors (Lipinski definition) is 2. The third-order valence-corrected chi connectivity index (χ3v) is 5.61. The number of rotatable bonds is 11. The third kappa shape index (κ3) is 10.8. The van der Waals surface area contributed by atoms with Crippen LogP contribution < -0.4 is 4.90 Å². The summed E-state index contributed by atoms with van der Waals surface area (Å²) in [7, 11) is 2.14. The summed E-state index contributed by atoms with van der Waals surface area (Å²) < 4.78 is 0. The summed E-state index contributed by atoms with van der Waals surface area (Å²) in [5, 5.41) is 18.9. The molecule has 0 bridgehead atoms. The molecule has 31 heavy (non-hydrogen) atoms. The molecule has 0 aliphatic rings. The van der Waals surface area contributed by atoms with E-state index in [2.05, 4.69) is 43.1 Å². The predicted molar refractivity (Wildman–Crippen MR) is 124 cm³/mol. The van der Waals surface area contributed by atoms with E-state index in [1.165, 1.54) is 5.56 Å². The molecule has 2 N–H and O–H groups in total. The van der Waals surface area contributed by atoms with Crippen LogP contribution in [0.15, 0.2) is 47.8 Å². The fourth-order valence-corrected chi connectivity index (χ4v) is 3.47. The molecule has 1 unspecified atom stereocenters. The van der Waals surface area contributed by atoms with Crippen molar-refractivity contribution in [1.29, 1.82) is 0 Å². The van der Waals surface area contributed by atoms with Gasteiger partial charge in [0.25, 0.3) is 0 Å². The van der Waals surface area contributed by atoms with Gasteiger partial charge in [-0.1, -0.05) is 37.3 Å². The van der Waals surface area contributed by atoms with E-state index in [-0.39, 0.29) is 18.7 Å². The lowest BCUT2D eigenvalue weighted by atomic mass is 10.1. The first-order valence-electron chi connectivity index (χ1n) is 10.3. The zero-order chi connectivity index (χ0) is 23.2. The molecule has 0 spiro atoms. The van der Waals surface area contributed by atoms with Gasteiger partial charge >= 0.3 is 11.9 Å². The predicted octanol–water partition coefficient (Wildman–Crippen LogP) is 3.99. The maximum atomic E-state index is 12.3. The van der Waals surface area contributed by atoms with Crippen molar-refractivity contribution in [3.63, 3.8) is 0 Å². The number of carboxylic acids is 2. The Morgan fingerprint density at radius 3 is 2.10 bits per heavy atom. The number of thiophene rings is 1. The van der Waals surface area contributed by atoms with E-state index >= 15 is 0 Å². The molecule has 0 saturated heterocycles. The molecule has 0 aliphatic carbocycles. The maximum absolute atomic E-state index is 12.3. The minimum absolute atomic E-state index is 0.191. The van der Waals surface area contributed by atoms with Gasteiger partial charge in [0, 0.05) is 25.6 Å². The normalized spacial score (nSPS) is 11.4. The first-order valence-corrected chi connectivity index (χ1v) is 11.1. The second kappa shape index (κ2) is 14.3. The molecule has 8 heteroatoms. The summed E-state index contributed by atoms with van der Waals surface area (Å²) in [4.78, 5) is 35.8. The van der Waals surface area contributed by atoms with Crippen molar-refractivity contribution in [3.05, 3.63) is 53.4 Å². The lowest BCUT2D eigenvalue weighted by Gasteiger charge is -2.30. The lowest BCUT2D eigenvalue weighted by Crippen LogP contribution is -2.43. The third-order valence-electron chi connectivity index (χ3n) is 4.72. The summed E-state index contributed by atoms with van der Waals surface area (Å²) >= 11 is 1.63. The lowest BCUT2D eigenvalue weighted by molar-refractivity contribution is -0.143. The van der Waals surface area contributed by atoms with Crippen molar-refractivity contribution in [2.45, 2.75) is 45.6 Å². The van der Waals surface area contributed by atoms with Gasteiger partial charge in [-0.05, 0) is 43.5 Å². The highest BCUT2D eigenvalue weighted by molar-refractivity contribution is 7.14. The largest absolute Gasteiger partial charge is 0.481 e. The number of hydrogen-bond acceptors (Lipinski definition) is 5. The Balaban J connectivity index is 0.000000512. The van der Waals surface area contributed by atoms with Gasteiger partial charge in [-0.25, -0.2) is 0 Å². The van der Waals surface area contributed by atoms with E-state index in [0.717, 1.165) is 24.5 Å². The molecule has 2 rings (SSSR count).